The standard InChI is InChI=1S/C11H25N3O3S/c1-9(15)11(12)8-13-18(16,17)14(2)10-6-4-3-5-7-10/h9-11,13,15H,3-8,12H2,1-2H3. The molecule has 0 aromatic heterocycles. The molecule has 108 valence electrons. The van der Waals surface area contributed by atoms with Gasteiger partial charge in [0.15, 0.2) is 0 Å². The smallest absolute Gasteiger partial charge is 0.279 e. The van der Waals surface area contributed by atoms with Crippen LogP contribution in [0.15, 0.2) is 0 Å². The molecule has 0 bridgehead atoms. The molecule has 1 fully saturated rings. The zero-order valence-corrected chi connectivity index (χ0v) is 12.0. The molecule has 2 atom stereocenters. The topological polar surface area (TPSA) is 95.7 Å². The third-order valence-electron chi connectivity index (χ3n) is 3.59. The van der Waals surface area contributed by atoms with Gasteiger partial charge in [-0.25, -0.2) is 4.72 Å². The van der Waals surface area contributed by atoms with E-state index in [1.54, 1.807) is 14.0 Å². The van der Waals surface area contributed by atoms with Gasteiger partial charge in [-0.2, -0.15) is 12.7 Å². The number of rotatable bonds is 6. The van der Waals surface area contributed by atoms with Crippen molar-refractivity contribution in [3.8, 4) is 0 Å². The molecule has 0 aromatic rings. The van der Waals surface area contributed by atoms with Crippen LogP contribution in [0.1, 0.15) is 39.0 Å². The third-order valence-corrected chi connectivity index (χ3v) is 5.18. The van der Waals surface area contributed by atoms with Crippen LogP contribution in [0, 0.1) is 0 Å². The zero-order chi connectivity index (χ0) is 13.8. The van der Waals surface area contributed by atoms with E-state index >= 15 is 0 Å². The molecule has 0 saturated heterocycles. The maximum atomic E-state index is 12.0. The van der Waals surface area contributed by atoms with Gasteiger partial charge in [0.2, 0.25) is 0 Å². The molecule has 6 nitrogen and oxygen atoms in total. The Hall–Kier alpha value is -0.210. The average molecular weight is 279 g/mol. The van der Waals surface area contributed by atoms with Crippen LogP contribution in [0.5, 0.6) is 0 Å². The van der Waals surface area contributed by atoms with E-state index in [4.69, 9.17) is 5.73 Å². The molecule has 0 amide bonds. The highest BCUT2D eigenvalue weighted by Crippen LogP contribution is 2.22. The predicted molar refractivity (Wildman–Crippen MR) is 71.2 cm³/mol. The molecule has 0 heterocycles. The maximum absolute atomic E-state index is 12.0. The van der Waals surface area contributed by atoms with Gasteiger partial charge in [0.1, 0.15) is 0 Å². The molecule has 0 spiro atoms. The van der Waals surface area contributed by atoms with Crippen molar-refractivity contribution in [3.63, 3.8) is 0 Å². The summed E-state index contributed by atoms with van der Waals surface area (Å²) in [5, 5.41) is 9.23. The van der Waals surface area contributed by atoms with Crippen molar-refractivity contribution in [2.75, 3.05) is 13.6 Å². The fraction of sp³-hybridized carbons (Fsp3) is 1.00. The normalized spacial score (nSPS) is 22.1. The lowest BCUT2D eigenvalue weighted by molar-refractivity contribution is 0.164. The summed E-state index contributed by atoms with van der Waals surface area (Å²) in [4.78, 5) is 0. The van der Waals surface area contributed by atoms with E-state index in [0.717, 1.165) is 25.7 Å². The van der Waals surface area contributed by atoms with Crippen molar-refractivity contribution >= 4 is 10.2 Å². The minimum atomic E-state index is -3.50. The Morgan fingerprint density at radius 2 is 1.94 bits per heavy atom. The molecule has 2 unspecified atom stereocenters. The number of nitrogens with zero attached hydrogens (tertiary/aromatic N) is 1. The van der Waals surface area contributed by atoms with E-state index in [0.29, 0.717) is 0 Å². The van der Waals surface area contributed by atoms with Gasteiger partial charge in [-0.05, 0) is 19.8 Å². The predicted octanol–water partition coefficient (Wildman–Crippen LogP) is -0.207. The average Bonchev–Trinajstić information content (AvgIpc) is 2.36. The minimum Gasteiger partial charge on any atom is -0.392 e. The van der Waals surface area contributed by atoms with Gasteiger partial charge < -0.3 is 10.8 Å². The molecule has 1 saturated carbocycles. The van der Waals surface area contributed by atoms with E-state index in [9.17, 15) is 13.5 Å². The van der Waals surface area contributed by atoms with E-state index in [2.05, 4.69) is 4.72 Å². The monoisotopic (exact) mass is 279 g/mol. The summed E-state index contributed by atoms with van der Waals surface area (Å²) in [7, 11) is -1.89. The number of aliphatic hydroxyl groups is 1. The van der Waals surface area contributed by atoms with Crippen LogP contribution in [-0.2, 0) is 10.2 Å². The van der Waals surface area contributed by atoms with Gasteiger partial charge in [0, 0.05) is 25.7 Å². The van der Waals surface area contributed by atoms with Crippen LogP contribution in [-0.4, -0.2) is 49.6 Å². The largest absolute Gasteiger partial charge is 0.392 e. The SMILES string of the molecule is CC(O)C(N)CNS(=O)(=O)N(C)C1CCCCC1. The van der Waals surface area contributed by atoms with Crippen LogP contribution >= 0.6 is 0 Å². The van der Waals surface area contributed by atoms with Crippen LogP contribution in [0.4, 0.5) is 0 Å². The first-order chi connectivity index (χ1) is 8.34. The number of nitrogens with two attached hydrogens (primary N) is 1. The fourth-order valence-corrected chi connectivity index (χ4v) is 3.32. The first kappa shape index (κ1) is 15.8. The van der Waals surface area contributed by atoms with Crippen LogP contribution in [0.25, 0.3) is 0 Å². The lowest BCUT2D eigenvalue weighted by Crippen LogP contribution is -2.50. The Bertz CT molecular complexity index is 339. The van der Waals surface area contributed by atoms with Crippen molar-refractivity contribution in [2.24, 2.45) is 5.73 Å². The van der Waals surface area contributed by atoms with Crippen LogP contribution < -0.4 is 10.5 Å². The first-order valence-electron chi connectivity index (χ1n) is 6.51. The second-order valence-electron chi connectivity index (χ2n) is 5.07. The molecule has 4 N–H and O–H groups in total. The summed E-state index contributed by atoms with van der Waals surface area (Å²) in [5.74, 6) is 0. The Labute approximate surface area is 110 Å². The van der Waals surface area contributed by atoms with Gasteiger partial charge in [-0.15, -0.1) is 0 Å². The number of nitrogens with one attached hydrogen (secondary N) is 1. The molecule has 1 aliphatic carbocycles. The van der Waals surface area contributed by atoms with Gasteiger partial charge in [0.05, 0.1) is 6.10 Å². The number of hydrogen-bond acceptors (Lipinski definition) is 4. The summed E-state index contributed by atoms with van der Waals surface area (Å²) in [6.07, 6.45) is 4.45. The highest BCUT2D eigenvalue weighted by molar-refractivity contribution is 7.87. The molecule has 0 aromatic carbocycles. The Morgan fingerprint density at radius 3 is 2.44 bits per heavy atom. The highest BCUT2D eigenvalue weighted by atomic mass is 32.2. The van der Waals surface area contributed by atoms with E-state index in [-0.39, 0.29) is 12.6 Å². The number of hydrogen-bond donors (Lipinski definition) is 3. The fourth-order valence-electron chi connectivity index (χ4n) is 2.11. The molecule has 1 aliphatic rings. The zero-order valence-electron chi connectivity index (χ0n) is 11.2. The molecule has 0 aliphatic heterocycles. The second-order valence-corrected chi connectivity index (χ2v) is 6.88. The minimum absolute atomic E-state index is 0.0526. The summed E-state index contributed by atoms with van der Waals surface area (Å²) in [5.41, 5.74) is 5.61. The Morgan fingerprint density at radius 1 is 1.39 bits per heavy atom. The van der Waals surface area contributed by atoms with Crippen molar-refractivity contribution in [3.05, 3.63) is 0 Å². The lowest BCUT2D eigenvalue weighted by atomic mass is 9.96. The Kier molecular flexibility index (Phi) is 6.00. The van der Waals surface area contributed by atoms with Gasteiger partial charge in [-0.3, -0.25) is 0 Å². The van der Waals surface area contributed by atoms with Crippen LogP contribution in [0.2, 0.25) is 0 Å². The second kappa shape index (κ2) is 6.81. The Balaban J connectivity index is 2.51. The summed E-state index contributed by atoms with van der Waals surface area (Å²) < 4.78 is 27.9. The van der Waals surface area contributed by atoms with Crippen molar-refractivity contribution < 1.29 is 13.5 Å². The summed E-state index contributed by atoms with van der Waals surface area (Å²) >= 11 is 0. The van der Waals surface area contributed by atoms with Crippen molar-refractivity contribution in [2.45, 2.75) is 57.2 Å². The van der Waals surface area contributed by atoms with E-state index in [1.807, 2.05) is 0 Å². The molecular formula is C11H25N3O3S. The first-order valence-corrected chi connectivity index (χ1v) is 7.95. The quantitative estimate of drug-likeness (QED) is 0.627. The lowest BCUT2D eigenvalue weighted by Gasteiger charge is -2.30. The van der Waals surface area contributed by atoms with Gasteiger partial charge in [-0.1, -0.05) is 19.3 Å². The van der Waals surface area contributed by atoms with Gasteiger partial charge in [0.25, 0.3) is 10.2 Å². The molecule has 18 heavy (non-hydrogen) atoms. The molecular weight excluding hydrogens is 254 g/mol. The summed E-state index contributed by atoms with van der Waals surface area (Å²) in [6.45, 7) is 1.60. The van der Waals surface area contributed by atoms with Crippen molar-refractivity contribution in [1.29, 1.82) is 0 Å². The molecule has 0 radical (unpaired) electrons. The highest BCUT2D eigenvalue weighted by Gasteiger charge is 2.27. The number of aliphatic hydroxyl groups excluding tert-OH is 1. The maximum Gasteiger partial charge on any atom is 0.279 e. The van der Waals surface area contributed by atoms with Crippen molar-refractivity contribution in [1.82, 2.24) is 9.03 Å². The van der Waals surface area contributed by atoms with E-state index in [1.165, 1.54) is 10.7 Å². The molecule has 1 rings (SSSR count). The van der Waals surface area contributed by atoms with Crippen LogP contribution in [0.3, 0.4) is 0 Å². The van der Waals surface area contributed by atoms with Gasteiger partial charge >= 0.3 is 0 Å². The van der Waals surface area contributed by atoms with E-state index < -0.39 is 22.4 Å². The third kappa shape index (κ3) is 4.47. The molecule has 7 heteroatoms. The summed E-state index contributed by atoms with van der Waals surface area (Å²) in [6, 6.07) is -0.501.